The maximum atomic E-state index is 12.5. The van der Waals surface area contributed by atoms with Gasteiger partial charge in [0, 0.05) is 25.3 Å². The molecule has 0 atom stereocenters. The predicted molar refractivity (Wildman–Crippen MR) is 83.3 cm³/mol. The summed E-state index contributed by atoms with van der Waals surface area (Å²) in [5, 5.41) is 15.4. The van der Waals surface area contributed by atoms with Crippen molar-refractivity contribution in [3.8, 4) is 0 Å². The number of aliphatic hydroxyl groups excluding tert-OH is 1. The van der Waals surface area contributed by atoms with Crippen molar-refractivity contribution in [2.75, 3.05) is 32.1 Å². The molecule has 7 nitrogen and oxygen atoms in total. The van der Waals surface area contributed by atoms with Gasteiger partial charge in [0.2, 0.25) is 0 Å². The van der Waals surface area contributed by atoms with E-state index in [9.17, 15) is 9.59 Å². The minimum absolute atomic E-state index is 0.141. The number of carbonyl (C=O) groups excluding carboxylic acids is 2. The number of ether oxygens (including phenoxy) is 1. The van der Waals surface area contributed by atoms with Crippen LogP contribution in [0.3, 0.4) is 0 Å². The van der Waals surface area contributed by atoms with Crippen LogP contribution >= 0.6 is 0 Å². The van der Waals surface area contributed by atoms with Crippen molar-refractivity contribution in [2.45, 2.75) is 13.1 Å². The smallest absolute Gasteiger partial charge is 0.337 e. The highest BCUT2D eigenvalue weighted by atomic mass is 16.5. The Morgan fingerprint density at radius 3 is 3.00 bits per heavy atom. The fourth-order valence-corrected chi connectivity index (χ4v) is 2.93. The maximum absolute atomic E-state index is 12.5. The molecule has 0 bridgehead atoms. The number of hydrogen-bond donors (Lipinski definition) is 3. The quantitative estimate of drug-likeness (QED) is 0.660. The average Bonchev–Trinajstić information content (AvgIpc) is 3.15. The SMILES string of the molecule is COC(=O)C1=C(Nc2cccc3c2CNC3)C(=O)N(CCO)C1. The van der Waals surface area contributed by atoms with Gasteiger partial charge in [-0.05, 0) is 17.2 Å². The molecule has 0 saturated carbocycles. The number of anilines is 1. The molecule has 1 aromatic rings. The number of nitrogens with zero attached hydrogens (tertiary/aromatic N) is 1. The number of aliphatic hydroxyl groups is 1. The fraction of sp³-hybridized carbons (Fsp3) is 0.375. The molecule has 0 radical (unpaired) electrons. The topological polar surface area (TPSA) is 90.9 Å². The maximum Gasteiger partial charge on any atom is 0.337 e. The third kappa shape index (κ3) is 2.80. The van der Waals surface area contributed by atoms with Crippen LogP contribution in [0, 0.1) is 0 Å². The van der Waals surface area contributed by atoms with Gasteiger partial charge in [-0.1, -0.05) is 12.1 Å². The van der Waals surface area contributed by atoms with E-state index < -0.39 is 5.97 Å². The molecule has 0 fully saturated rings. The summed E-state index contributed by atoms with van der Waals surface area (Å²) in [5.41, 5.74) is 3.59. The Kier molecular flexibility index (Phi) is 4.31. The molecule has 7 heteroatoms. The second-order valence-electron chi connectivity index (χ2n) is 5.47. The van der Waals surface area contributed by atoms with E-state index in [1.165, 1.54) is 17.6 Å². The first-order valence-electron chi connectivity index (χ1n) is 7.45. The van der Waals surface area contributed by atoms with Crippen LogP contribution in [0.15, 0.2) is 29.5 Å². The number of amides is 1. The van der Waals surface area contributed by atoms with Gasteiger partial charge in [-0.25, -0.2) is 4.79 Å². The van der Waals surface area contributed by atoms with Crippen molar-refractivity contribution < 1.29 is 19.4 Å². The lowest BCUT2D eigenvalue weighted by molar-refractivity contribution is -0.136. The molecule has 0 unspecified atom stereocenters. The molecule has 122 valence electrons. The minimum Gasteiger partial charge on any atom is -0.466 e. The molecular weight excluding hydrogens is 298 g/mol. The Balaban J connectivity index is 1.93. The molecule has 2 heterocycles. The monoisotopic (exact) mass is 317 g/mol. The van der Waals surface area contributed by atoms with Gasteiger partial charge in [0.15, 0.2) is 0 Å². The molecule has 23 heavy (non-hydrogen) atoms. The molecule has 2 aliphatic heterocycles. The second kappa shape index (κ2) is 6.39. The summed E-state index contributed by atoms with van der Waals surface area (Å²) >= 11 is 0. The largest absolute Gasteiger partial charge is 0.466 e. The van der Waals surface area contributed by atoms with Gasteiger partial charge in [0.1, 0.15) is 5.70 Å². The Morgan fingerprint density at radius 2 is 2.26 bits per heavy atom. The van der Waals surface area contributed by atoms with Crippen molar-refractivity contribution in [2.24, 2.45) is 0 Å². The van der Waals surface area contributed by atoms with Crippen LogP contribution in [-0.2, 0) is 27.4 Å². The van der Waals surface area contributed by atoms with Gasteiger partial charge in [-0.2, -0.15) is 0 Å². The van der Waals surface area contributed by atoms with Crippen molar-refractivity contribution in [3.63, 3.8) is 0 Å². The molecule has 1 amide bonds. The number of fused-ring (bicyclic) bond motifs is 1. The Labute approximate surface area is 133 Å². The van der Waals surface area contributed by atoms with Crippen LogP contribution < -0.4 is 10.6 Å². The van der Waals surface area contributed by atoms with E-state index in [1.807, 2.05) is 18.2 Å². The van der Waals surface area contributed by atoms with Gasteiger partial charge >= 0.3 is 5.97 Å². The summed E-state index contributed by atoms with van der Waals surface area (Å²) in [4.78, 5) is 25.9. The van der Waals surface area contributed by atoms with E-state index in [0.717, 1.165) is 17.8 Å². The van der Waals surface area contributed by atoms with Crippen LogP contribution in [0.4, 0.5) is 5.69 Å². The first-order chi connectivity index (χ1) is 11.2. The van der Waals surface area contributed by atoms with Crippen LogP contribution in [-0.4, -0.2) is 48.7 Å². The Morgan fingerprint density at radius 1 is 1.43 bits per heavy atom. The van der Waals surface area contributed by atoms with E-state index in [-0.39, 0.29) is 36.9 Å². The van der Waals surface area contributed by atoms with Crippen LogP contribution in [0.5, 0.6) is 0 Å². The lowest BCUT2D eigenvalue weighted by Crippen LogP contribution is -2.31. The number of methoxy groups -OCH3 is 1. The first-order valence-corrected chi connectivity index (χ1v) is 7.45. The van der Waals surface area contributed by atoms with Gasteiger partial charge in [-0.15, -0.1) is 0 Å². The molecule has 3 N–H and O–H groups in total. The van der Waals surface area contributed by atoms with Gasteiger partial charge < -0.3 is 25.4 Å². The lowest BCUT2D eigenvalue weighted by atomic mass is 10.1. The summed E-state index contributed by atoms with van der Waals surface area (Å²) in [5.74, 6) is -0.838. The molecule has 0 spiro atoms. The van der Waals surface area contributed by atoms with Gasteiger partial charge in [0.25, 0.3) is 5.91 Å². The van der Waals surface area contributed by atoms with E-state index in [4.69, 9.17) is 9.84 Å². The molecular formula is C16H19N3O4. The van der Waals surface area contributed by atoms with Crippen molar-refractivity contribution >= 4 is 17.6 Å². The number of β-amino-alcohol motifs (C(OH)–C–C–N with tert-alkyl or cyclic N) is 1. The fourth-order valence-electron chi connectivity index (χ4n) is 2.93. The molecule has 0 saturated heterocycles. The first kappa shape index (κ1) is 15.5. The second-order valence-corrected chi connectivity index (χ2v) is 5.47. The summed E-state index contributed by atoms with van der Waals surface area (Å²) in [6.07, 6.45) is 0. The number of rotatable bonds is 5. The van der Waals surface area contributed by atoms with E-state index in [0.29, 0.717) is 6.54 Å². The van der Waals surface area contributed by atoms with Gasteiger partial charge in [-0.3, -0.25) is 4.79 Å². The average molecular weight is 317 g/mol. The van der Waals surface area contributed by atoms with Crippen LogP contribution in [0.25, 0.3) is 0 Å². The summed E-state index contributed by atoms with van der Waals surface area (Å²) in [6, 6.07) is 5.83. The zero-order valence-corrected chi connectivity index (χ0v) is 12.9. The van der Waals surface area contributed by atoms with Gasteiger partial charge in [0.05, 0.1) is 25.8 Å². The Bertz CT molecular complexity index is 684. The third-order valence-corrected chi connectivity index (χ3v) is 4.10. The number of esters is 1. The van der Waals surface area contributed by atoms with Crippen LogP contribution in [0.2, 0.25) is 0 Å². The number of hydrogen-bond acceptors (Lipinski definition) is 6. The summed E-state index contributed by atoms with van der Waals surface area (Å²) in [7, 11) is 1.29. The highest BCUT2D eigenvalue weighted by Gasteiger charge is 2.34. The van der Waals surface area contributed by atoms with E-state index in [2.05, 4.69) is 10.6 Å². The number of nitrogens with one attached hydrogen (secondary N) is 2. The van der Waals surface area contributed by atoms with E-state index in [1.54, 1.807) is 0 Å². The van der Waals surface area contributed by atoms with Crippen molar-refractivity contribution in [1.82, 2.24) is 10.2 Å². The summed E-state index contributed by atoms with van der Waals surface area (Å²) < 4.78 is 4.78. The normalized spacial score (nSPS) is 16.8. The highest BCUT2D eigenvalue weighted by Crippen LogP contribution is 2.28. The van der Waals surface area contributed by atoms with Crippen molar-refractivity contribution in [3.05, 3.63) is 40.6 Å². The third-order valence-electron chi connectivity index (χ3n) is 4.10. The highest BCUT2D eigenvalue weighted by molar-refractivity contribution is 6.08. The van der Waals surface area contributed by atoms with E-state index >= 15 is 0 Å². The summed E-state index contributed by atoms with van der Waals surface area (Å²) in [6.45, 7) is 1.67. The number of carbonyl (C=O) groups is 2. The minimum atomic E-state index is -0.535. The van der Waals surface area contributed by atoms with Crippen LogP contribution in [0.1, 0.15) is 11.1 Å². The Hall–Kier alpha value is -2.38. The number of benzene rings is 1. The molecule has 1 aromatic carbocycles. The lowest BCUT2D eigenvalue weighted by Gasteiger charge is -2.15. The zero-order chi connectivity index (χ0) is 16.4. The predicted octanol–water partition coefficient (Wildman–Crippen LogP) is -0.0367. The molecule has 0 aromatic heterocycles. The molecule has 2 aliphatic rings. The standard InChI is InChI=1S/C16H19N3O4/c1-23-16(22)12-9-19(5-6-20)15(21)14(12)18-13-4-2-3-10-7-17-8-11(10)13/h2-4,17-18,20H,5-9H2,1H3. The molecule has 3 rings (SSSR count). The zero-order valence-electron chi connectivity index (χ0n) is 12.9. The van der Waals surface area contributed by atoms with Crippen molar-refractivity contribution in [1.29, 1.82) is 0 Å². The molecule has 0 aliphatic carbocycles.